The molecule has 1 aliphatic rings. The summed E-state index contributed by atoms with van der Waals surface area (Å²) in [7, 11) is 0. The third-order valence-electron chi connectivity index (χ3n) is 2.87. The molecule has 88 valence electrons. The van der Waals surface area contributed by atoms with Gasteiger partial charge in [-0.3, -0.25) is 9.69 Å². The number of halogens is 2. The molecule has 0 aromatic carbocycles. The van der Waals surface area contributed by atoms with Crippen LogP contribution in [-0.2, 0) is 4.79 Å². The molecule has 0 bridgehead atoms. The third-order valence-corrected chi connectivity index (χ3v) is 2.87. The molecule has 1 aliphatic heterocycles. The summed E-state index contributed by atoms with van der Waals surface area (Å²) in [4.78, 5) is 12.1. The van der Waals surface area contributed by atoms with E-state index < -0.39 is 12.4 Å². The van der Waals surface area contributed by atoms with E-state index in [1.807, 2.05) is 0 Å². The number of aliphatic carboxylic acids is 1. The molecule has 3 nitrogen and oxygen atoms in total. The normalized spacial score (nSPS) is 19.7. The highest BCUT2D eigenvalue weighted by atomic mass is 19.3. The van der Waals surface area contributed by atoms with Gasteiger partial charge in [-0.05, 0) is 38.3 Å². The summed E-state index contributed by atoms with van der Waals surface area (Å²) in [6, 6.07) is 0. The van der Waals surface area contributed by atoms with Crippen molar-refractivity contribution in [3.63, 3.8) is 0 Å². The fourth-order valence-corrected chi connectivity index (χ4v) is 1.98. The van der Waals surface area contributed by atoms with Crippen LogP contribution in [0.5, 0.6) is 0 Å². The number of alkyl halides is 2. The summed E-state index contributed by atoms with van der Waals surface area (Å²) >= 11 is 0. The van der Waals surface area contributed by atoms with Gasteiger partial charge in [-0.1, -0.05) is 0 Å². The number of hydrogen-bond donors (Lipinski definition) is 1. The van der Waals surface area contributed by atoms with Gasteiger partial charge in [-0.25, -0.2) is 8.78 Å². The van der Waals surface area contributed by atoms with E-state index in [4.69, 9.17) is 5.11 Å². The molecule has 1 fully saturated rings. The van der Waals surface area contributed by atoms with Crippen LogP contribution < -0.4 is 0 Å². The van der Waals surface area contributed by atoms with Gasteiger partial charge in [0.1, 0.15) is 0 Å². The molecule has 15 heavy (non-hydrogen) atoms. The van der Waals surface area contributed by atoms with E-state index in [0.717, 1.165) is 12.8 Å². The zero-order valence-electron chi connectivity index (χ0n) is 8.66. The van der Waals surface area contributed by atoms with Crippen LogP contribution in [0.4, 0.5) is 8.78 Å². The van der Waals surface area contributed by atoms with Crippen molar-refractivity contribution in [2.45, 2.75) is 32.1 Å². The summed E-state index contributed by atoms with van der Waals surface area (Å²) < 4.78 is 24.1. The Morgan fingerprint density at radius 2 is 2.00 bits per heavy atom. The van der Waals surface area contributed by atoms with Crippen molar-refractivity contribution in [2.24, 2.45) is 5.92 Å². The van der Waals surface area contributed by atoms with E-state index in [2.05, 4.69) is 0 Å². The number of piperidine rings is 1. The number of carboxylic acid groups (broad SMARTS) is 1. The van der Waals surface area contributed by atoms with Gasteiger partial charge < -0.3 is 5.11 Å². The molecule has 0 aromatic heterocycles. The maximum absolute atomic E-state index is 12.1. The summed E-state index contributed by atoms with van der Waals surface area (Å²) in [6.45, 7) is 1.20. The minimum absolute atomic E-state index is 0.147. The van der Waals surface area contributed by atoms with Crippen molar-refractivity contribution in [3.05, 3.63) is 0 Å². The maximum atomic E-state index is 12.1. The Morgan fingerprint density at radius 1 is 1.40 bits per heavy atom. The second-order valence-electron chi connectivity index (χ2n) is 4.07. The molecule has 0 spiro atoms. The maximum Gasteiger partial charge on any atom is 0.303 e. The molecule has 5 heteroatoms. The van der Waals surface area contributed by atoms with E-state index in [1.165, 1.54) is 0 Å². The Hall–Kier alpha value is -0.710. The van der Waals surface area contributed by atoms with Crippen LogP contribution in [0.15, 0.2) is 0 Å². The lowest BCUT2D eigenvalue weighted by Crippen LogP contribution is -2.36. The van der Waals surface area contributed by atoms with E-state index >= 15 is 0 Å². The van der Waals surface area contributed by atoms with E-state index in [9.17, 15) is 13.6 Å². The van der Waals surface area contributed by atoms with Crippen molar-refractivity contribution in [1.82, 2.24) is 4.90 Å². The highest BCUT2D eigenvalue weighted by Crippen LogP contribution is 2.22. The largest absolute Gasteiger partial charge is 0.481 e. The smallest absolute Gasteiger partial charge is 0.303 e. The zero-order valence-corrected chi connectivity index (χ0v) is 8.66. The van der Waals surface area contributed by atoms with Crippen LogP contribution in [0, 0.1) is 5.92 Å². The number of likely N-dealkylation sites (tertiary alicyclic amines) is 1. The SMILES string of the molecule is O=C(O)CCC1CCN(CC(F)F)CC1. The van der Waals surface area contributed by atoms with Crippen molar-refractivity contribution in [2.75, 3.05) is 19.6 Å². The summed E-state index contributed by atoms with van der Waals surface area (Å²) in [5.41, 5.74) is 0. The molecule has 1 saturated heterocycles. The van der Waals surface area contributed by atoms with Gasteiger partial charge in [0.25, 0.3) is 6.43 Å². The van der Waals surface area contributed by atoms with Gasteiger partial charge in [0, 0.05) is 6.42 Å². The van der Waals surface area contributed by atoms with Gasteiger partial charge in [-0.2, -0.15) is 0 Å². The van der Waals surface area contributed by atoms with Gasteiger partial charge in [0.2, 0.25) is 0 Å². The van der Waals surface area contributed by atoms with Gasteiger partial charge in [-0.15, -0.1) is 0 Å². The molecule has 0 atom stereocenters. The molecule has 0 aliphatic carbocycles. The van der Waals surface area contributed by atoms with E-state index in [-0.39, 0.29) is 13.0 Å². The topological polar surface area (TPSA) is 40.5 Å². The molecule has 0 saturated carbocycles. The lowest BCUT2D eigenvalue weighted by atomic mass is 9.92. The summed E-state index contributed by atoms with van der Waals surface area (Å²) in [5.74, 6) is -0.375. The number of carboxylic acids is 1. The first-order valence-electron chi connectivity index (χ1n) is 5.30. The van der Waals surface area contributed by atoms with Crippen LogP contribution in [0.1, 0.15) is 25.7 Å². The van der Waals surface area contributed by atoms with Crippen LogP contribution in [0.3, 0.4) is 0 Å². The Labute approximate surface area is 88.1 Å². The Kier molecular flexibility index (Phi) is 4.94. The average Bonchev–Trinajstić information content (AvgIpc) is 2.16. The van der Waals surface area contributed by atoms with Crippen molar-refractivity contribution >= 4 is 5.97 Å². The molecule has 0 aromatic rings. The number of hydrogen-bond acceptors (Lipinski definition) is 2. The summed E-state index contributed by atoms with van der Waals surface area (Å²) in [5, 5.41) is 8.51. The fourth-order valence-electron chi connectivity index (χ4n) is 1.98. The van der Waals surface area contributed by atoms with E-state index in [0.29, 0.717) is 25.4 Å². The molecule has 1 rings (SSSR count). The molecule has 1 N–H and O–H groups in total. The van der Waals surface area contributed by atoms with Crippen LogP contribution >= 0.6 is 0 Å². The summed E-state index contributed by atoms with van der Waals surface area (Å²) in [6.07, 6.45) is 0.303. The second kappa shape index (κ2) is 6.00. The molecule has 0 radical (unpaired) electrons. The first-order chi connectivity index (χ1) is 7.08. The van der Waals surface area contributed by atoms with Gasteiger partial charge >= 0.3 is 5.97 Å². The number of rotatable bonds is 5. The standard InChI is InChI=1S/C10H17F2NO2/c11-9(12)7-13-5-3-8(4-6-13)1-2-10(14)15/h8-9H,1-7H2,(H,14,15). The molecule has 0 unspecified atom stereocenters. The quantitative estimate of drug-likeness (QED) is 0.770. The minimum Gasteiger partial charge on any atom is -0.481 e. The van der Waals surface area contributed by atoms with Crippen molar-refractivity contribution in [3.8, 4) is 0 Å². The minimum atomic E-state index is -2.26. The monoisotopic (exact) mass is 221 g/mol. The predicted molar refractivity (Wildman–Crippen MR) is 52.0 cm³/mol. The highest BCUT2D eigenvalue weighted by Gasteiger charge is 2.21. The van der Waals surface area contributed by atoms with Gasteiger partial charge in [0.05, 0.1) is 6.54 Å². The Balaban J connectivity index is 2.15. The molecular weight excluding hydrogens is 204 g/mol. The van der Waals surface area contributed by atoms with Gasteiger partial charge in [0.15, 0.2) is 0 Å². The molecular formula is C10H17F2NO2. The Bertz CT molecular complexity index is 204. The lowest BCUT2D eigenvalue weighted by Gasteiger charge is -2.31. The zero-order chi connectivity index (χ0) is 11.3. The molecule has 0 amide bonds. The van der Waals surface area contributed by atoms with Crippen LogP contribution in [0.2, 0.25) is 0 Å². The lowest BCUT2D eigenvalue weighted by molar-refractivity contribution is -0.137. The van der Waals surface area contributed by atoms with Crippen LogP contribution in [-0.4, -0.2) is 42.0 Å². The van der Waals surface area contributed by atoms with E-state index in [1.54, 1.807) is 4.90 Å². The Morgan fingerprint density at radius 3 is 2.47 bits per heavy atom. The number of nitrogens with zero attached hydrogens (tertiary/aromatic N) is 1. The fraction of sp³-hybridized carbons (Fsp3) is 0.900. The second-order valence-corrected chi connectivity index (χ2v) is 4.07. The van der Waals surface area contributed by atoms with Crippen molar-refractivity contribution < 1.29 is 18.7 Å². The van der Waals surface area contributed by atoms with Crippen molar-refractivity contribution in [1.29, 1.82) is 0 Å². The first-order valence-corrected chi connectivity index (χ1v) is 5.30. The first kappa shape index (κ1) is 12.4. The third kappa shape index (κ3) is 5.06. The molecule has 1 heterocycles. The van der Waals surface area contributed by atoms with Crippen LogP contribution in [0.25, 0.3) is 0 Å². The predicted octanol–water partition coefficient (Wildman–Crippen LogP) is 1.83. The number of carbonyl (C=O) groups is 1. The highest BCUT2D eigenvalue weighted by molar-refractivity contribution is 5.66. The average molecular weight is 221 g/mol.